The van der Waals surface area contributed by atoms with Crippen LogP contribution in [0.1, 0.15) is 72.3 Å². The minimum absolute atomic E-state index is 0.0768. The summed E-state index contributed by atoms with van der Waals surface area (Å²) in [5.41, 5.74) is -0.690. The van der Waals surface area contributed by atoms with E-state index in [1.54, 1.807) is 24.3 Å². The smallest absolute Gasteiger partial charge is 0.331 e. The molecule has 0 aromatic heterocycles. The molecule has 0 bridgehead atoms. The maximum atomic E-state index is 13.4. The summed E-state index contributed by atoms with van der Waals surface area (Å²) in [6.45, 7) is 16.1. The van der Waals surface area contributed by atoms with Gasteiger partial charge in [0.1, 0.15) is 24.1 Å². The van der Waals surface area contributed by atoms with Gasteiger partial charge in [-0.05, 0) is 66.9 Å². The zero-order valence-electron chi connectivity index (χ0n) is 28.2. The second-order valence-corrected chi connectivity index (χ2v) is 13.1. The lowest BCUT2D eigenvalue weighted by Gasteiger charge is -2.62. The molecule has 1 aromatic carbocycles. The molecule has 260 valence electrons. The van der Waals surface area contributed by atoms with Crippen molar-refractivity contribution in [2.24, 2.45) is 22.7 Å². The lowest BCUT2D eigenvalue weighted by molar-refractivity contribution is -0.276. The molecule has 2 aliphatic carbocycles. The maximum absolute atomic E-state index is 13.4. The van der Waals surface area contributed by atoms with Crippen LogP contribution in [-0.2, 0) is 42.9 Å². The Labute approximate surface area is 281 Å². The first-order chi connectivity index (χ1) is 22.7. The number of hydrogen-bond acceptors (Lipinski definition) is 11. The number of carbonyl (C=O) groups excluding carboxylic acids is 4. The average Bonchev–Trinajstić information content (AvgIpc) is 3.32. The van der Waals surface area contributed by atoms with Crippen molar-refractivity contribution < 1.29 is 53.1 Å². The summed E-state index contributed by atoms with van der Waals surface area (Å²) in [6, 6.07) is 6.22. The molecule has 9 atom stereocenters. The zero-order chi connectivity index (χ0) is 35.4. The number of aliphatic hydroxyl groups is 1. The number of allylic oxidation sites excluding steroid dienone is 2. The Hall–Kier alpha value is -4.22. The lowest BCUT2D eigenvalue weighted by Crippen LogP contribution is -2.68. The van der Waals surface area contributed by atoms with Crippen LogP contribution in [0.2, 0.25) is 0 Å². The van der Waals surface area contributed by atoms with Gasteiger partial charge in [0, 0.05) is 37.8 Å². The van der Waals surface area contributed by atoms with Gasteiger partial charge in [-0.25, -0.2) is 4.79 Å². The van der Waals surface area contributed by atoms with Crippen molar-refractivity contribution in [3.8, 4) is 5.75 Å². The predicted octanol–water partition coefficient (Wildman–Crippen LogP) is 5.31. The molecule has 2 N–H and O–H groups in total. The van der Waals surface area contributed by atoms with E-state index in [0.29, 0.717) is 24.8 Å². The highest BCUT2D eigenvalue weighted by molar-refractivity contribution is 5.87. The van der Waals surface area contributed by atoms with Crippen LogP contribution in [0, 0.1) is 22.7 Å². The first-order valence-corrected chi connectivity index (χ1v) is 16.2. The van der Waals surface area contributed by atoms with Crippen LogP contribution in [0.5, 0.6) is 5.75 Å². The average molecular weight is 667 g/mol. The van der Waals surface area contributed by atoms with Crippen LogP contribution < -0.4 is 0 Å². The van der Waals surface area contributed by atoms with Crippen molar-refractivity contribution >= 4 is 30.0 Å². The fourth-order valence-corrected chi connectivity index (χ4v) is 7.55. The number of phenolic OH excluding ortho intramolecular Hbond substituents is 1. The van der Waals surface area contributed by atoms with Gasteiger partial charge < -0.3 is 29.2 Å². The number of benzene rings is 1. The molecule has 3 aliphatic rings. The van der Waals surface area contributed by atoms with Gasteiger partial charge in [0.25, 0.3) is 0 Å². The van der Waals surface area contributed by atoms with Crippen molar-refractivity contribution in [3.05, 3.63) is 72.4 Å². The molecule has 9 unspecified atom stereocenters. The Morgan fingerprint density at radius 2 is 1.71 bits per heavy atom. The molecule has 11 heteroatoms. The molecule has 1 spiro atoms. The third-order valence-corrected chi connectivity index (χ3v) is 10.0. The van der Waals surface area contributed by atoms with Crippen LogP contribution in [-0.4, -0.2) is 65.0 Å². The summed E-state index contributed by atoms with van der Waals surface area (Å²) in [5.74, 6) is -3.56. The van der Waals surface area contributed by atoms with Gasteiger partial charge in [-0.1, -0.05) is 57.7 Å². The first kappa shape index (κ1) is 36.6. The molecule has 1 heterocycles. The summed E-state index contributed by atoms with van der Waals surface area (Å²) in [4.78, 5) is 50.9. The summed E-state index contributed by atoms with van der Waals surface area (Å²) < 4.78 is 29.4. The monoisotopic (exact) mass is 666 g/mol. The Balaban J connectivity index is 1.88. The molecule has 4 rings (SSSR count). The number of hydrogen-bond donors (Lipinski definition) is 2. The molecule has 1 saturated carbocycles. The van der Waals surface area contributed by atoms with Crippen molar-refractivity contribution in [2.75, 3.05) is 0 Å². The SMILES string of the molecule is C=CC(=C)CCC1(C)C(C)C(OC(=O)C=Cc2ccc(O)cc2)C(O)C23C(=CC(OC(=O)CCC)CC12)C(OC(C)=O)OC3OC(C)=O. The van der Waals surface area contributed by atoms with E-state index in [4.69, 9.17) is 23.7 Å². The minimum atomic E-state index is -1.57. The highest BCUT2D eigenvalue weighted by atomic mass is 16.8. The van der Waals surface area contributed by atoms with Gasteiger partial charge >= 0.3 is 23.9 Å². The van der Waals surface area contributed by atoms with E-state index in [1.807, 2.05) is 20.8 Å². The highest BCUT2D eigenvalue weighted by Gasteiger charge is 2.74. The van der Waals surface area contributed by atoms with Gasteiger partial charge in [-0.15, -0.1) is 0 Å². The topological polar surface area (TPSA) is 155 Å². The second kappa shape index (κ2) is 14.9. The van der Waals surface area contributed by atoms with E-state index < -0.39 is 77.4 Å². The van der Waals surface area contributed by atoms with Crippen LogP contribution in [0.3, 0.4) is 0 Å². The van der Waals surface area contributed by atoms with E-state index in [0.717, 1.165) is 5.57 Å². The third kappa shape index (κ3) is 7.27. The van der Waals surface area contributed by atoms with Gasteiger partial charge in [-0.3, -0.25) is 19.1 Å². The van der Waals surface area contributed by atoms with Crippen molar-refractivity contribution in [3.63, 3.8) is 0 Å². The van der Waals surface area contributed by atoms with Crippen molar-refractivity contribution in [1.29, 1.82) is 0 Å². The number of carbonyl (C=O) groups is 4. The Morgan fingerprint density at radius 3 is 2.31 bits per heavy atom. The van der Waals surface area contributed by atoms with E-state index in [1.165, 1.54) is 38.1 Å². The van der Waals surface area contributed by atoms with E-state index >= 15 is 0 Å². The number of esters is 4. The largest absolute Gasteiger partial charge is 0.508 e. The fraction of sp³-hybridized carbons (Fsp3) is 0.514. The lowest BCUT2D eigenvalue weighted by atomic mass is 9.44. The van der Waals surface area contributed by atoms with Crippen LogP contribution in [0.25, 0.3) is 6.08 Å². The molecule has 1 saturated heterocycles. The quantitative estimate of drug-likeness (QED) is 0.0981. The van der Waals surface area contributed by atoms with E-state index in [-0.39, 0.29) is 24.2 Å². The zero-order valence-corrected chi connectivity index (χ0v) is 28.2. The molecule has 1 aliphatic heterocycles. The van der Waals surface area contributed by atoms with Crippen molar-refractivity contribution in [1.82, 2.24) is 0 Å². The van der Waals surface area contributed by atoms with Crippen LogP contribution in [0.15, 0.2) is 66.8 Å². The second-order valence-electron chi connectivity index (χ2n) is 13.1. The molecule has 0 amide bonds. The molecule has 11 nitrogen and oxygen atoms in total. The van der Waals surface area contributed by atoms with E-state index in [9.17, 15) is 29.4 Å². The number of rotatable bonds is 12. The van der Waals surface area contributed by atoms with Gasteiger partial charge in [0.05, 0.1) is 5.41 Å². The van der Waals surface area contributed by atoms with Crippen LogP contribution in [0.4, 0.5) is 0 Å². The summed E-state index contributed by atoms with van der Waals surface area (Å²) >= 11 is 0. The predicted molar refractivity (Wildman–Crippen MR) is 174 cm³/mol. The Kier molecular flexibility index (Phi) is 11.4. The minimum Gasteiger partial charge on any atom is -0.508 e. The molecular weight excluding hydrogens is 620 g/mol. The van der Waals surface area contributed by atoms with Gasteiger partial charge in [0.2, 0.25) is 12.6 Å². The normalized spacial score (nSPS) is 32.3. The maximum Gasteiger partial charge on any atom is 0.331 e. The van der Waals surface area contributed by atoms with E-state index in [2.05, 4.69) is 13.2 Å². The van der Waals surface area contributed by atoms with Gasteiger partial charge in [-0.2, -0.15) is 0 Å². The molecule has 0 radical (unpaired) electrons. The standard InChI is InChI=1S/C37H46O11/c1-8-10-30(41)46-27-19-28-34(44-23(5)38)48-35(45-24(6)39)37(28)29(20-27)36(7,18-17-21(3)9-2)22(4)32(33(37)43)47-31(42)16-13-25-11-14-26(40)15-12-25/h9,11-16,19,22,27,29,32-35,40,43H,2-3,8,10,17-18,20H2,1,4-7H3. The molecule has 48 heavy (non-hydrogen) atoms. The number of aliphatic hydroxyl groups excluding tert-OH is 1. The molecule has 1 aromatic rings. The summed E-state index contributed by atoms with van der Waals surface area (Å²) in [6.07, 6.45) is 1.71. The fourth-order valence-electron chi connectivity index (χ4n) is 7.55. The van der Waals surface area contributed by atoms with Crippen molar-refractivity contribution in [2.45, 2.75) is 97.6 Å². The third-order valence-electron chi connectivity index (χ3n) is 10.0. The number of ether oxygens (including phenoxy) is 5. The Bertz CT molecular complexity index is 1480. The summed E-state index contributed by atoms with van der Waals surface area (Å²) in [5, 5.41) is 22.1. The molecular formula is C37H46O11. The highest BCUT2D eigenvalue weighted by Crippen LogP contribution is 2.67. The van der Waals surface area contributed by atoms with Gasteiger partial charge in [0.15, 0.2) is 0 Å². The molecule has 2 fully saturated rings. The van der Waals surface area contributed by atoms with Crippen LogP contribution >= 0.6 is 0 Å². The Morgan fingerprint density at radius 1 is 1.04 bits per heavy atom. The summed E-state index contributed by atoms with van der Waals surface area (Å²) in [7, 11) is 0. The first-order valence-electron chi connectivity index (χ1n) is 16.2. The number of phenols is 1. The number of aromatic hydroxyl groups is 1.